The van der Waals surface area contributed by atoms with E-state index in [9.17, 15) is 0 Å². The second kappa shape index (κ2) is 5.11. The Balaban J connectivity index is 2.46. The zero-order chi connectivity index (χ0) is 9.68. The van der Waals surface area contributed by atoms with Crippen molar-refractivity contribution in [3.05, 3.63) is 24.0 Å². The zero-order valence-electron chi connectivity index (χ0n) is 9.09. The molecule has 1 aromatic heterocycles. The third-order valence-electron chi connectivity index (χ3n) is 2.64. The Labute approximate surface area is 81.8 Å². The first kappa shape index (κ1) is 10.4. The van der Waals surface area contributed by atoms with Crippen molar-refractivity contribution >= 4 is 0 Å². The largest absolute Gasteiger partial charge is 0.354 e. The molecule has 1 nitrogen and oxygen atoms in total. The summed E-state index contributed by atoms with van der Waals surface area (Å²) in [6.07, 6.45) is 8.38. The number of hydrogen-bond donors (Lipinski definition) is 0. The fraction of sp³-hybridized carbons (Fsp3) is 0.667. The molecule has 1 heteroatoms. The molecule has 1 heterocycles. The maximum absolute atomic E-state index is 2.32. The van der Waals surface area contributed by atoms with Gasteiger partial charge >= 0.3 is 0 Å². The summed E-state index contributed by atoms with van der Waals surface area (Å²) in [6, 6.07) is 2.18. The number of nitrogens with zero attached hydrogens (tertiary/aromatic N) is 1. The van der Waals surface area contributed by atoms with Crippen molar-refractivity contribution in [2.75, 3.05) is 0 Å². The monoisotopic (exact) mass is 179 g/mol. The first-order chi connectivity index (χ1) is 6.26. The van der Waals surface area contributed by atoms with Crippen molar-refractivity contribution in [3.8, 4) is 0 Å². The highest BCUT2D eigenvalue weighted by Crippen LogP contribution is 2.14. The van der Waals surface area contributed by atoms with Gasteiger partial charge < -0.3 is 4.57 Å². The summed E-state index contributed by atoms with van der Waals surface area (Å²) in [7, 11) is 0. The van der Waals surface area contributed by atoms with Crippen LogP contribution in [0.5, 0.6) is 0 Å². The van der Waals surface area contributed by atoms with Crippen LogP contribution in [0.4, 0.5) is 0 Å². The van der Waals surface area contributed by atoms with Crippen molar-refractivity contribution in [2.45, 2.75) is 46.6 Å². The molecule has 74 valence electrons. The van der Waals surface area contributed by atoms with Gasteiger partial charge in [0.1, 0.15) is 0 Å². The average molecular weight is 179 g/mol. The Kier molecular flexibility index (Phi) is 4.07. The van der Waals surface area contributed by atoms with E-state index in [1.165, 1.54) is 31.4 Å². The number of aryl methyl sites for hydroxylation is 1. The van der Waals surface area contributed by atoms with Crippen LogP contribution >= 0.6 is 0 Å². The number of hydrogen-bond acceptors (Lipinski definition) is 0. The van der Waals surface area contributed by atoms with Crippen molar-refractivity contribution in [1.82, 2.24) is 4.57 Å². The lowest BCUT2D eigenvalue weighted by Crippen LogP contribution is -2.08. The molecule has 0 aliphatic carbocycles. The van der Waals surface area contributed by atoms with E-state index in [2.05, 4.69) is 43.8 Å². The Morgan fingerprint density at radius 2 is 2.15 bits per heavy atom. The Morgan fingerprint density at radius 1 is 1.38 bits per heavy atom. The minimum absolute atomic E-state index is 0.858. The molecule has 0 aliphatic heterocycles. The van der Waals surface area contributed by atoms with Gasteiger partial charge in [-0.15, -0.1) is 0 Å². The van der Waals surface area contributed by atoms with E-state index in [4.69, 9.17) is 0 Å². The normalized spacial score (nSPS) is 13.2. The van der Waals surface area contributed by atoms with Gasteiger partial charge in [-0.3, -0.25) is 0 Å². The molecule has 0 spiro atoms. The smallest absolute Gasteiger partial charge is 0.0247 e. The van der Waals surface area contributed by atoms with Crippen LogP contribution in [0.1, 0.15) is 38.7 Å². The molecule has 13 heavy (non-hydrogen) atoms. The standard InChI is InChI=1S/C12H21N/c1-4-6-12(5-2)10-13-8-7-11(3)9-13/h7-9,12H,4-6,10H2,1-3H3. The van der Waals surface area contributed by atoms with Crippen molar-refractivity contribution in [1.29, 1.82) is 0 Å². The van der Waals surface area contributed by atoms with Gasteiger partial charge in [-0.2, -0.15) is 0 Å². The Morgan fingerprint density at radius 3 is 2.62 bits per heavy atom. The predicted molar refractivity (Wildman–Crippen MR) is 57.9 cm³/mol. The lowest BCUT2D eigenvalue weighted by Gasteiger charge is -2.14. The quantitative estimate of drug-likeness (QED) is 0.650. The minimum Gasteiger partial charge on any atom is -0.354 e. The molecule has 0 aliphatic rings. The summed E-state index contributed by atoms with van der Waals surface area (Å²) in [5.74, 6) is 0.858. The summed E-state index contributed by atoms with van der Waals surface area (Å²) in [4.78, 5) is 0. The van der Waals surface area contributed by atoms with Gasteiger partial charge in [-0.05, 0) is 30.9 Å². The molecule has 0 radical (unpaired) electrons. The maximum atomic E-state index is 2.32. The molecular weight excluding hydrogens is 158 g/mol. The van der Waals surface area contributed by atoms with E-state index >= 15 is 0 Å². The molecular formula is C12H21N. The first-order valence-electron chi connectivity index (χ1n) is 5.38. The lowest BCUT2D eigenvalue weighted by atomic mass is 10.0. The summed E-state index contributed by atoms with van der Waals surface area (Å²) in [5.41, 5.74) is 1.37. The summed E-state index contributed by atoms with van der Waals surface area (Å²) >= 11 is 0. The van der Waals surface area contributed by atoms with E-state index in [0.717, 1.165) is 5.92 Å². The van der Waals surface area contributed by atoms with Crippen LogP contribution in [0.15, 0.2) is 18.5 Å². The van der Waals surface area contributed by atoms with Gasteiger partial charge in [0.2, 0.25) is 0 Å². The van der Waals surface area contributed by atoms with Crippen LogP contribution < -0.4 is 0 Å². The molecule has 0 N–H and O–H groups in total. The molecule has 0 amide bonds. The van der Waals surface area contributed by atoms with Gasteiger partial charge in [0.25, 0.3) is 0 Å². The van der Waals surface area contributed by atoms with E-state index in [-0.39, 0.29) is 0 Å². The SMILES string of the molecule is CCCC(CC)Cn1ccc(C)c1. The molecule has 1 aromatic rings. The first-order valence-corrected chi connectivity index (χ1v) is 5.38. The van der Waals surface area contributed by atoms with Crippen LogP contribution in [0.25, 0.3) is 0 Å². The highest BCUT2D eigenvalue weighted by atomic mass is 14.9. The van der Waals surface area contributed by atoms with Crippen LogP contribution in [0, 0.1) is 12.8 Å². The van der Waals surface area contributed by atoms with Crippen molar-refractivity contribution in [2.24, 2.45) is 5.92 Å². The van der Waals surface area contributed by atoms with Crippen LogP contribution in [0.2, 0.25) is 0 Å². The summed E-state index contributed by atoms with van der Waals surface area (Å²) in [6.45, 7) is 7.90. The van der Waals surface area contributed by atoms with E-state index < -0.39 is 0 Å². The Hall–Kier alpha value is -0.720. The van der Waals surface area contributed by atoms with Crippen LogP contribution in [0.3, 0.4) is 0 Å². The third kappa shape index (κ3) is 3.25. The number of rotatable bonds is 5. The Bertz CT molecular complexity index is 237. The molecule has 1 unspecified atom stereocenters. The van der Waals surface area contributed by atoms with E-state index in [1.807, 2.05) is 0 Å². The molecule has 0 aromatic carbocycles. The highest BCUT2D eigenvalue weighted by Gasteiger charge is 2.05. The van der Waals surface area contributed by atoms with Crippen LogP contribution in [-0.4, -0.2) is 4.57 Å². The van der Waals surface area contributed by atoms with Crippen molar-refractivity contribution < 1.29 is 0 Å². The second-order valence-corrected chi connectivity index (χ2v) is 3.95. The van der Waals surface area contributed by atoms with Crippen LogP contribution in [-0.2, 0) is 6.54 Å². The van der Waals surface area contributed by atoms with Gasteiger partial charge in [-0.25, -0.2) is 0 Å². The van der Waals surface area contributed by atoms with E-state index in [1.54, 1.807) is 0 Å². The average Bonchev–Trinajstić information content (AvgIpc) is 2.50. The molecule has 1 atom stereocenters. The number of aromatic nitrogens is 1. The molecule has 0 fully saturated rings. The minimum atomic E-state index is 0.858. The summed E-state index contributed by atoms with van der Waals surface area (Å²) < 4.78 is 2.32. The molecule has 0 bridgehead atoms. The zero-order valence-corrected chi connectivity index (χ0v) is 9.09. The molecule has 0 saturated heterocycles. The van der Waals surface area contributed by atoms with Gasteiger partial charge in [0, 0.05) is 18.9 Å². The fourth-order valence-corrected chi connectivity index (χ4v) is 1.81. The molecule has 0 saturated carbocycles. The van der Waals surface area contributed by atoms with Gasteiger partial charge in [0.15, 0.2) is 0 Å². The summed E-state index contributed by atoms with van der Waals surface area (Å²) in [5, 5.41) is 0. The maximum Gasteiger partial charge on any atom is 0.0247 e. The predicted octanol–water partition coefficient (Wildman–Crippen LogP) is 3.62. The highest BCUT2D eigenvalue weighted by molar-refractivity contribution is 5.06. The van der Waals surface area contributed by atoms with Gasteiger partial charge in [-0.1, -0.05) is 26.7 Å². The molecule has 1 rings (SSSR count). The second-order valence-electron chi connectivity index (χ2n) is 3.95. The fourth-order valence-electron chi connectivity index (χ4n) is 1.81. The lowest BCUT2D eigenvalue weighted by molar-refractivity contribution is 0.399. The topological polar surface area (TPSA) is 4.93 Å². The van der Waals surface area contributed by atoms with E-state index in [0.29, 0.717) is 0 Å². The van der Waals surface area contributed by atoms with Crippen molar-refractivity contribution in [3.63, 3.8) is 0 Å². The third-order valence-corrected chi connectivity index (χ3v) is 2.64. The van der Waals surface area contributed by atoms with Gasteiger partial charge in [0.05, 0.1) is 0 Å².